The van der Waals surface area contributed by atoms with Gasteiger partial charge in [-0.25, -0.2) is 0 Å². The van der Waals surface area contributed by atoms with Crippen molar-refractivity contribution in [2.24, 2.45) is 0 Å². The molecule has 6 heteroatoms. The van der Waals surface area contributed by atoms with Gasteiger partial charge < -0.3 is 14.2 Å². The van der Waals surface area contributed by atoms with Crippen molar-refractivity contribution in [3.8, 4) is 0 Å². The number of rotatable bonds is 46. The fourth-order valence-corrected chi connectivity index (χ4v) is 6.55. The molecule has 0 amide bonds. The zero-order valence-corrected chi connectivity index (χ0v) is 43.8. The van der Waals surface area contributed by atoms with Gasteiger partial charge in [0.1, 0.15) is 13.2 Å². The first-order valence-corrected chi connectivity index (χ1v) is 27.0. The van der Waals surface area contributed by atoms with E-state index in [0.717, 1.165) is 154 Å². The number of ether oxygens (including phenoxy) is 3. The standard InChI is InChI=1S/C63H96O6/c1-4-7-10-13-15-17-19-21-23-25-26-27-28-29-30-31-32-33-34-35-36-38-39-41-43-45-47-50-53-56-62(65)68-59-60(58-67-61(64)55-52-49-12-9-6-3)69-63(66)57-54-51-48-46-44-42-40-37-24-22-20-18-16-14-11-8-5-2/h7-8,10-11,15-18,21-24,26-27,29-30,32-33,35-36,39-42,45,47,60H,4-6,9,12-14,19-20,25,28,31,34,37-38,43-44,46,48-59H2,1-3H3/b10-7-,11-8-,17-15-,18-16-,23-21-,24-22-,27-26-,30-29-,33-32-,36-35-,41-39-,42-40-,47-45-. The van der Waals surface area contributed by atoms with Gasteiger partial charge in [-0.1, -0.05) is 217 Å². The molecule has 384 valence electrons. The van der Waals surface area contributed by atoms with Crippen molar-refractivity contribution in [2.45, 2.75) is 207 Å². The van der Waals surface area contributed by atoms with Crippen LogP contribution in [0.25, 0.3) is 0 Å². The molecule has 0 aliphatic heterocycles. The van der Waals surface area contributed by atoms with Crippen molar-refractivity contribution in [1.29, 1.82) is 0 Å². The van der Waals surface area contributed by atoms with E-state index >= 15 is 0 Å². The molecule has 0 heterocycles. The third kappa shape index (κ3) is 53.8. The zero-order valence-electron chi connectivity index (χ0n) is 43.8. The van der Waals surface area contributed by atoms with Crippen LogP contribution in [-0.2, 0) is 28.6 Å². The van der Waals surface area contributed by atoms with Gasteiger partial charge in [0.25, 0.3) is 0 Å². The van der Waals surface area contributed by atoms with Crippen LogP contribution in [0.1, 0.15) is 201 Å². The van der Waals surface area contributed by atoms with Crippen LogP contribution in [0.5, 0.6) is 0 Å². The maximum atomic E-state index is 12.7. The number of esters is 3. The average molecular weight is 949 g/mol. The number of carbonyl (C=O) groups is 3. The van der Waals surface area contributed by atoms with Crippen LogP contribution in [0, 0.1) is 0 Å². The Morgan fingerprint density at radius 1 is 0.304 bits per heavy atom. The Hall–Kier alpha value is -4.97. The Labute approximate surface area is 422 Å². The molecular weight excluding hydrogens is 853 g/mol. The SMILES string of the molecule is CC/C=C\C/C=C\C/C=C\C/C=C\C/C=C\C/C=C\C/C=C\C/C=C\C/C=C\CCCC(=O)OCC(COC(=O)CCCCCCC)OC(=O)CCCCCC/C=C\C/C=C\C/C=C\C/C=C\CC. The highest BCUT2D eigenvalue weighted by Gasteiger charge is 2.19. The number of carbonyl (C=O) groups excluding carboxylic acids is 3. The maximum Gasteiger partial charge on any atom is 0.306 e. The van der Waals surface area contributed by atoms with E-state index in [2.05, 4.69) is 179 Å². The van der Waals surface area contributed by atoms with Crippen LogP contribution in [0.2, 0.25) is 0 Å². The molecule has 0 saturated heterocycles. The Bertz CT molecular complexity index is 1610. The van der Waals surface area contributed by atoms with E-state index in [1.165, 1.54) is 0 Å². The van der Waals surface area contributed by atoms with E-state index in [4.69, 9.17) is 14.2 Å². The lowest BCUT2D eigenvalue weighted by Gasteiger charge is -2.18. The molecular formula is C63H96O6. The summed E-state index contributed by atoms with van der Waals surface area (Å²) in [6.45, 7) is 6.22. The highest BCUT2D eigenvalue weighted by Crippen LogP contribution is 2.11. The number of hydrogen-bond acceptors (Lipinski definition) is 6. The third-order valence-electron chi connectivity index (χ3n) is 10.5. The molecule has 0 aromatic heterocycles. The van der Waals surface area contributed by atoms with E-state index < -0.39 is 6.10 Å². The summed E-state index contributed by atoms with van der Waals surface area (Å²) in [5, 5.41) is 0. The van der Waals surface area contributed by atoms with Gasteiger partial charge in [0.15, 0.2) is 6.10 Å². The van der Waals surface area contributed by atoms with Crippen molar-refractivity contribution in [3.63, 3.8) is 0 Å². The topological polar surface area (TPSA) is 78.9 Å². The summed E-state index contributed by atoms with van der Waals surface area (Å²) in [6, 6.07) is 0. The van der Waals surface area contributed by atoms with Crippen molar-refractivity contribution in [3.05, 3.63) is 158 Å². The molecule has 0 spiro atoms. The van der Waals surface area contributed by atoms with E-state index in [1.54, 1.807) is 0 Å². The molecule has 0 aliphatic rings. The second kappa shape index (κ2) is 55.6. The number of allylic oxidation sites excluding steroid dienone is 26. The second-order valence-electron chi connectivity index (χ2n) is 17.0. The van der Waals surface area contributed by atoms with Gasteiger partial charge in [-0.3, -0.25) is 14.4 Å². The predicted octanol–water partition coefficient (Wildman–Crippen LogP) is 18.2. The van der Waals surface area contributed by atoms with Gasteiger partial charge in [-0.2, -0.15) is 0 Å². The minimum atomic E-state index is -0.818. The van der Waals surface area contributed by atoms with Crippen LogP contribution in [0.15, 0.2) is 158 Å². The second-order valence-corrected chi connectivity index (χ2v) is 17.0. The lowest BCUT2D eigenvalue weighted by atomic mass is 10.1. The molecule has 1 atom stereocenters. The van der Waals surface area contributed by atoms with Gasteiger partial charge in [-0.05, 0) is 122 Å². The lowest BCUT2D eigenvalue weighted by Crippen LogP contribution is -2.30. The highest BCUT2D eigenvalue weighted by atomic mass is 16.6. The van der Waals surface area contributed by atoms with Gasteiger partial charge in [-0.15, -0.1) is 0 Å². The first-order chi connectivity index (χ1) is 34.0. The van der Waals surface area contributed by atoms with Crippen molar-refractivity contribution in [1.82, 2.24) is 0 Å². The smallest absolute Gasteiger partial charge is 0.306 e. The molecule has 1 unspecified atom stereocenters. The molecule has 0 rings (SSSR count). The molecule has 6 nitrogen and oxygen atoms in total. The fraction of sp³-hybridized carbons (Fsp3) is 0.540. The molecule has 69 heavy (non-hydrogen) atoms. The first-order valence-electron chi connectivity index (χ1n) is 27.0. The monoisotopic (exact) mass is 949 g/mol. The molecule has 0 fully saturated rings. The average Bonchev–Trinajstić information content (AvgIpc) is 3.35. The van der Waals surface area contributed by atoms with Gasteiger partial charge >= 0.3 is 17.9 Å². The molecule has 0 bridgehead atoms. The Morgan fingerprint density at radius 3 is 0.928 bits per heavy atom. The van der Waals surface area contributed by atoms with E-state index in [1.807, 2.05) is 0 Å². The van der Waals surface area contributed by atoms with Crippen LogP contribution >= 0.6 is 0 Å². The predicted molar refractivity (Wildman–Crippen MR) is 297 cm³/mol. The number of unbranched alkanes of at least 4 members (excludes halogenated alkanes) is 9. The summed E-state index contributed by atoms with van der Waals surface area (Å²) in [5.74, 6) is -1.03. The molecule has 0 aromatic rings. The largest absolute Gasteiger partial charge is 0.462 e. The van der Waals surface area contributed by atoms with E-state index in [0.29, 0.717) is 12.8 Å². The summed E-state index contributed by atoms with van der Waals surface area (Å²) in [6.07, 6.45) is 81.4. The van der Waals surface area contributed by atoms with Gasteiger partial charge in [0.2, 0.25) is 0 Å². The maximum absolute atomic E-state index is 12.7. The van der Waals surface area contributed by atoms with Gasteiger partial charge in [0, 0.05) is 19.3 Å². The first kappa shape index (κ1) is 64.0. The van der Waals surface area contributed by atoms with Crippen LogP contribution in [-0.4, -0.2) is 37.2 Å². The zero-order chi connectivity index (χ0) is 50.0. The molecule has 0 aliphatic carbocycles. The molecule has 0 radical (unpaired) electrons. The summed E-state index contributed by atoms with van der Waals surface area (Å²) in [5.41, 5.74) is 0. The van der Waals surface area contributed by atoms with Crippen molar-refractivity contribution < 1.29 is 28.6 Å². The molecule has 0 aromatic carbocycles. The summed E-state index contributed by atoms with van der Waals surface area (Å²) in [4.78, 5) is 37.7. The summed E-state index contributed by atoms with van der Waals surface area (Å²) < 4.78 is 16.6. The fourth-order valence-electron chi connectivity index (χ4n) is 6.55. The summed E-state index contributed by atoms with van der Waals surface area (Å²) in [7, 11) is 0. The Morgan fingerprint density at radius 2 is 0.580 bits per heavy atom. The number of hydrogen-bond donors (Lipinski definition) is 0. The minimum absolute atomic E-state index is 0.114. The quantitative estimate of drug-likeness (QED) is 0.0262. The molecule has 0 N–H and O–H groups in total. The van der Waals surface area contributed by atoms with Crippen LogP contribution in [0.3, 0.4) is 0 Å². The molecule has 0 saturated carbocycles. The Balaban J connectivity index is 4.31. The van der Waals surface area contributed by atoms with Gasteiger partial charge in [0.05, 0.1) is 0 Å². The Kier molecular flexibility index (Phi) is 51.6. The third-order valence-corrected chi connectivity index (χ3v) is 10.5. The highest BCUT2D eigenvalue weighted by molar-refractivity contribution is 5.71. The van der Waals surface area contributed by atoms with Crippen molar-refractivity contribution in [2.75, 3.05) is 13.2 Å². The minimum Gasteiger partial charge on any atom is -0.462 e. The normalized spacial score (nSPS) is 13.4. The summed E-state index contributed by atoms with van der Waals surface area (Å²) >= 11 is 0. The van der Waals surface area contributed by atoms with Crippen LogP contribution in [0.4, 0.5) is 0 Å². The van der Waals surface area contributed by atoms with E-state index in [9.17, 15) is 14.4 Å². The van der Waals surface area contributed by atoms with E-state index in [-0.39, 0.29) is 44.0 Å². The lowest BCUT2D eigenvalue weighted by molar-refractivity contribution is -0.167. The van der Waals surface area contributed by atoms with Crippen LogP contribution < -0.4 is 0 Å². The van der Waals surface area contributed by atoms with Crippen molar-refractivity contribution >= 4 is 17.9 Å².